The number of hydrogen-bond donors (Lipinski definition) is 5. The molecule has 1 aliphatic heterocycles. The fourth-order valence-corrected chi connectivity index (χ4v) is 4.59. The lowest BCUT2D eigenvalue weighted by Gasteiger charge is -2.32. The maximum atomic E-state index is 13.1. The van der Waals surface area contributed by atoms with E-state index in [4.69, 9.17) is 11.1 Å². The fraction of sp³-hybridized carbons (Fsp3) is 0.571. The van der Waals surface area contributed by atoms with Gasteiger partial charge in [0.2, 0.25) is 0 Å². The van der Waals surface area contributed by atoms with Crippen molar-refractivity contribution in [1.82, 2.24) is 29.9 Å². The van der Waals surface area contributed by atoms with Gasteiger partial charge in [-0.2, -0.15) is 5.10 Å². The highest BCUT2D eigenvalue weighted by atomic mass is 16.3. The summed E-state index contributed by atoms with van der Waals surface area (Å²) in [7, 11) is 4.17. The Balaban J connectivity index is 1.60. The number of allylic oxidation sites excluding steroid dienone is 1. The number of likely N-dealkylation sites (tertiary alicyclic amines) is 1. The quantitative estimate of drug-likeness (QED) is 0.161. The summed E-state index contributed by atoms with van der Waals surface area (Å²) in [4.78, 5) is 22.2. The highest BCUT2D eigenvalue weighted by molar-refractivity contribution is 6.08. The number of nitrogens with two attached hydrogens (primary N) is 1. The van der Waals surface area contributed by atoms with Crippen LogP contribution in [0.25, 0.3) is 5.57 Å². The van der Waals surface area contributed by atoms with E-state index in [1.807, 2.05) is 10.9 Å². The van der Waals surface area contributed by atoms with E-state index in [-0.39, 0.29) is 24.2 Å². The largest absolute Gasteiger partial charge is 0.390 e. The van der Waals surface area contributed by atoms with Crippen LogP contribution in [0, 0.1) is 5.41 Å². The minimum absolute atomic E-state index is 0.228. The number of nitrogens with one attached hydrogen (secondary N) is 3. The molecule has 0 spiro atoms. The van der Waals surface area contributed by atoms with Crippen molar-refractivity contribution >= 4 is 23.4 Å². The molecule has 0 atom stereocenters. The van der Waals surface area contributed by atoms with E-state index in [1.54, 1.807) is 24.4 Å². The molecule has 0 radical (unpaired) electrons. The highest BCUT2D eigenvalue weighted by Gasteiger charge is 2.23. The molecule has 11 heteroatoms. The van der Waals surface area contributed by atoms with Gasteiger partial charge in [-0.15, -0.1) is 0 Å². The second-order valence-corrected chi connectivity index (χ2v) is 10.3. The van der Waals surface area contributed by atoms with Gasteiger partial charge in [0.05, 0.1) is 24.0 Å². The van der Waals surface area contributed by atoms with E-state index < -0.39 is 0 Å². The number of rotatable bonds is 16. The number of aromatic nitrogens is 3. The number of aliphatic hydroxyl groups is 1. The molecule has 1 aliphatic rings. The van der Waals surface area contributed by atoms with Gasteiger partial charge in [-0.3, -0.25) is 9.48 Å². The molecule has 2 aromatic rings. The van der Waals surface area contributed by atoms with E-state index in [0.29, 0.717) is 22.6 Å². The van der Waals surface area contributed by atoms with Crippen LogP contribution in [0.5, 0.6) is 0 Å². The summed E-state index contributed by atoms with van der Waals surface area (Å²) in [5, 5.41) is 28.4. The Morgan fingerprint density at radius 1 is 1.21 bits per heavy atom. The Morgan fingerprint density at radius 3 is 2.64 bits per heavy atom. The molecule has 0 saturated carbocycles. The second kappa shape index (κ2) is 16.1. The molecule has 3 rings (SSSR count). The monoisotopic (exact) mass is 539 g/mol. The molecule has 0 unspecified atom stereocenters. The van der Waals surface area contributed by atoms with E-state index in [1.165, 1.54) is 6.21 Å². The predicted octanol–water partition coefficient (Wildman–Crippen LogP) is 2.32. The highest BCUT2D eigenvalue weighted by Crippen LogP contribution is 2.25. The van der Waals surface area contributed by atoms with Crippen molar-refractivity contribution in [3.8, 4) is 0 Å². The van der Waals surface area contributed by atoms with Gasteiger partial charge in [-0.05, 0) is 58.5 Å². The van der Waals surface area contributed by atoms with Crippen LogP contribution in [0.2, 0.25) is 0 Å². The molecule has 3 heterocycles. The SMILES string of the molecule is CN(C)CCN1CCC(n2cc(NC(=O)c3cccc(/C(C=N)=C/NCCCCCCN)n3)c(CO)n2)CC1. The van der Waals surface area contributed by atoms with Crippen molar-refractivity contribution in [2.75, 3.05) is 58.7 Å². The van der Waals surface area contributed by atoms with Gasteiger partial charge in [-0.1, -0.05) is 18.9 Å². The molecule has 39 heavy (non-hydrogen) atoms. The minimum Gasteiger partial charge on any atom is -0.390 e. The number of hydrogen-bond acceptors (Lipinski definition) is 9. The summed E-state index contributed by atoms with van der Waals surface area (Å²) in [6.07, 6.45) is 11.0. The molecule has 6 N–H and O–H groups in total. The number of amides is 1. The Kier molecular flexibility index (Phi) is 12.6. The second-order valence-electron chi connectivity index (χ2n) is 10.3. The molecular weight excluding hydrogens is 494 g/mol. The normalized spacial score (nSPS) is 15.1. The van der Waals surface area contributed by atoms with Crippen LogP contribution >= 0.6 is 0 Å². The van der Waals surface area contributed by atoms with Crippen molar-refractivity contribution in [3.05, 3.63) is 47.7 Å². The number of unbranched alkanes of at least 4 members (excludes halogenated alkanes) is 3. The van der Waals surface area contributed by atoms with Crippen LogP contribution in [0.4, 0.5) is 5.69 Å². The van der Waals surface area contributed by atoms with Crippen LogP contribution in [-0.2, 0) is 6.61 Å². The van der Waals surface area contributed by atoms with Crippen LogP contribution in [0.1, 0.15) is 66.4 Å². The summed E-state index contributed by atoms with van der Waals surface area (Å²) in [6, 6.07) is 5.39. The van der Waals surface area contributed by atoms with Gasteiger partial charge in [-0.25, -0.2) is 4.98 Å². The lowest BCUT2D eigenvalue weighted by atomic mass is 10.1. The van der Waals surface area contributed by atoms with Gasteiger partial charge in [0.25, 0.3) is 5.91 Å². The lowest BCUT2D eigenvalue weighted by Crippen LogP contribution is -2.38. The Labute approximate surface area is 232 Å². The molecule has 0 bridgehead atoms. The maximum absolute atomic E-state index is 13.1. The van der Waals surface area contributed by atoms with E-state index >= 15 is 0 Å². The predicted molar refractivity (Wildman–Crippen MR) is 156 cm³/mol. The summed E-state index contributed by atoms with van der Waals surface area (Å²) >= 11 is 0. The number of aliphatic hydroxyl groups excluding tert-OH is 1. The van der Waals surface area contributed by atoms with Crippen LogP contribution in [-0.4, -0.2) is 95.2 Å². The third kappa shape index (κ3) is 9.54. The maximum Gasteiger partial charge on any atom is 0.274 e. The summed E-state index contributed by atoms with van der Waals surface area (Å²) in [5.74, 6) is -0.387. The molecule has 1 amide bonds. The number of anilines is 1. The minimum atomic E-state index is -0.387. The van der Waals surface area contributed by atoms with E-state index in [9.17, 15) is 9.90 Å². The average Bonchev–Trinajstić information content (AvgIpc) is 3.36. The van der Waals surface area contributed by atoms with Crippen molar-refractivity contribution in [2.24, 2.45) is 5.73 Å². The van der Waals surface area contributed by atoms with Crippen molar-refractivity contribution in [3.63, 3.8) is 0 Å². The first kappa shape index (κ1) is 30.4. The zero-order chi connectivity index (χ0) is 28.0. The summed E-state index contributed by atoms with van der Waals surface area (Å²) < 4.78 is 1.88. The van der Waals surface area contributed by atoms with Crippen molar-refractivity contribution in [1.29, 1.82) is 5.41 Å². The first-order valence-electron chi connectivity index (χ1n) is 13.9. The molecule has 1 fully saturated rings. The Morgan fingerprint density at radius 2 is 1.95 bits per heavy atom. The number of carbonyl (C=O) groups excluding carboxylic acids is 1. The van der Waals surface area contributed by atoms with Crippen LogP contribution < -0.4 is 16.4 Å². The molecule has 0 aliphatic carbocycles. The van der Waals surface area contributed by atoms with Gasteiger partial charge in [0, 0.05) is 56.9 Å². The molecule has 2 aromatic heterocycles. The third-order valence-corrected chi connectivity index (χ3v) is 6.97. The number of pyridine rings is 1. The number of carbonyl (C=O) groups is 1. The van der Waals surface area contributed by atoms with Crippen LogP contribution in [0.3, 0.4) is 0 Å². The topological polar surface area (TPSA) is 148 Å². The summed E-state index contributed by atoms with van der Waals surface area (Å²) in [6.45, 7) is 5.33. The molecule has 1 saturated heterocycles. The zero-order valence-corrected chi connectivity index (χ0v) is 23.4. The number of likely N-dealkylation sites (N-methyl/N-ethyl adjacent to an activating group) is 1. The van der Waals surface area contributed by atoms with Gasteiger partial charge in [0.1, 0.15) is 11.4 Å². The molecule has 214 valence electrons. The number of piperidine rings is 1. The van der Waals surface area contributed by atoms with Gasteiger partial charge in [0.15, 0.2) is 0 Å². The standard InChI is InChI=1S/C28H45N9O2/c1-35(2)16-17-36-14-10-23(11-15-36)37-20-26(27(21-38)34-37)33-28(39)25-9-7-8-24(32-25)22(18-30)19-31-13-6-4-3-5-12-29/h7-9,18-20,23,30-31,38H,3-6,10-17,21,29H2,1-2H3,(H,33,39)/b22-19+,30-18?. The summed E-state index contributed by atoms with van der Waals surface area (Å²) in [5.41, 5.74) is 7.81. The lowest BCUT2D eigenvalue weighted by molar-refractivity contribution is 0.102. The average molecular weight is 540 g/mol. The number of nitrogens with zero attached hydrogens (tertiary/aromatic N) is 5. The first-order chi connectivity index (χ1) is 18.9. The zero-order valence-electron chi connectivity index (χ0n) is 23.4. The molecular formula is C28H45N9O2. The first-order valence-corrected chi connectivity index (χ1v) is 13.9. The smallest absolute Gasteiger partial charge is 0.274 e. The molecule has 11 nitrogen and oxygen atoms in total. The Bertz CT molecular complexity index is 1070. The van der Waals surface area contributed by atoms with Crippen LogP contribution in [0.15, 0.2) is 30.6 Å². The third-order valence-electron chi connectivity index (χ3n) is 6.97. The van der Waals surface area contributed by atoms with Gasteiger partial charge < -0.3 is 36.7 Å². The Hall–Kier alpha value is -3.12. The molecule has 0 aromatic carbocycles. The van der Waals surface area contributed by atoms with E-state index in [2.05, 4.69) is 44.6 Å². The van der Waals surface area contributed by atoms with Gasteiger partial charge >= 0.3 is 0 Å². The van der Waals surface area contributed by atoms with Crippen molar-refractivity contribution < 1.29 is 9.90 Å². The fourth-order valence-electron chi connectivity index (χ4n) is 4.59. The van der Waals surface area contributed by atoms with E-state index in [0.717, 1.165) is 77.8 Å². The van der Waals surface area contributed by atoms with Crippen molar-refractivity contribution in [2.45, 2.75) is 51.2 Å².